The van der Waals surface area contributed by atoms with Crippen molar-refractivity contribution in [1.82, 2.24) is 0 Å². The van der Waals surface area contributed by atoms with E-state index in [2.05, 4.69) is 38.1 Å². The highest BCUT2D eigenvalue weighted by Crippen LogP contribution is 2.39. The summed E-state index contributed by atoms with van der Waals surface area (Å²) >= 11 is 0. The summed E-state index contributed by atoms with van der Waals surface area (Å²) in [6.45, 7) is 4.63. The van der Waals surface area contributed by atoms with Crippen LogP contribution >= 0.6 is 0 Å². The van der Waals surface area contributed by atoms with Crippen molar-refractivity contribution in [1.29, 1.82) is 0 Å². The van der Waals surface area contributed by atoms with Crippen LogP contribution in [0, 0.1) is 5.92 Å². The highest BCUT2D eigenvalue weighted by Gasteiger charge is 2.30. The molecule has 3 aromatic rings. The number of hydrogen-bond donors (Lipinski definition) is 0. The van der Waals surface area contributed by atoms with Crippen LogP contribution in [0.4, 0.5) is 13.2 Å². The van der Waals surface area contributed by atoms with E-state index in [1.807, 2.05) is 24.3 Å². The molecule has 0 nitrogen and oxygen atoms in total. The Morgan fingerprint density at radius 3 is 2.06 bits per heavy atom. The second-order valence-electron chi connectivity index (χ2n) is 10.3. The third kappa shape index (κ3) is 6.21. The summed E-state index contributed by atoms with van der Waals surface area (Å²) in [6, 6.07) is 26.5. The molecule has 4 heteroatoms. The molecule has 0 aliphatic carbocycles. The first-order valence-corrected chi connectivity index (χ1v) is 15.1. The lowest BCUT2D eigenvalue weighted by Crippen LogP contribution is -2.20. The molecule has 1 aliphatic heterocycles. The Hall–Kier alpha value is -2.33. The molecule has 1 fully saturated rings. The smallest absolute Gasteiger partial charge is 0.166 e. The summed E-state index contributed by atoms with van der Waals surface area (Å²) in [4.78, 5) is 0. The van der Waals surface area contributed by atoms with E-state index < -0.39 is 20.5 Å². The molecule has 0 spiro atoms. The predicted octanol–water partition coefficient (Wildman–Crippen LogP) is 9.58. The summed E-state index contributed by atoms with van der Waals surface area (Å²) in [7, 11) is -0.579. The lowest BCUT2D eigenvalue weighted by molar-refractivity contribution is -0.137. The minimum atomic E-state index is -4.35. The summed E-state index contributed by atoms with van der Waals surface area (Å²) in [5, 5.41) is 0. The van der Waals surface area contributed by atoms with Crippen LogP contribution in [0.1, 0.15) is 56.6 Å². The summed E-state index contributed by atoms with van der Waals surface area (Å²) in [5.41, 5.74) is 4.28. The number of hydrogen-bond acceptors (Lipinski definition) is 0. The first-order chi connectivity index (χ1) is 16.3. The molecule has 34 heavy (non-hydrogen) atoms. The molecule has 4 rings (SSSR count). The third-order valence-electron chi connectivity index (χ3n) is 7.34. The van der Waals surface area contributed by atoms with Gasteiger partial charge in [0.2, 0.25) is 0 Å². The molecule has 0 saturated carbocycles. The Kier molecular flexibility index (Phi) is 7.97. The van der Waals surface area contributed by atoms with Crippen molar-refractivity contribution < 1.29 is 13.2 Å². The molecular weight excluding hydrogens is 445 g/mol. The number of rotatable bonds is 7. The summed E-state index contributed by atoms with van der Waals surface area (Å²) in [5.74, 6) is 1.42. The van der Waals surface area contributed by atoms with Gasteiger partial charge in [-0.1, -0.05) is 105 Å². The summed E-state index contributed by atoms with van der Waals surface area (Å²) < 4.78 is 39.9. The second-order valence-corrected chi connectivity index (χ2v) is 13.8. The molecule has 0 aromatic heterocycles. The molecule has 0 bridgehead atoms. The maximum Gasteiger partial charge on any atom is 0.416 e. The van der Waals surface area contributed by atoms with E-state index >= 15 is 0 Å². The molecule has 0 radical (unpaired) electrons. The van der Waals surface area contributed by atoms with E-state index in [9.17, 15) is 13.2 Å². The maximum absolute atomic E-state index is 13.3. The normalized spacial score (nSPS) is 18.9. The first-order valence-electron chi connectivity index (χ1n) is 12.7. The van der Waals surface area contributed by atoms with E-state index in [-0.39, 0.29) is 0 Å². The van der Waals surface area contributed by atoms with Crippen LogP contribution < -0.4 is 0 Å². The van der Waals surface area contributed by atoms with Gasteiger partial charge < -0.3 is 0 Å². The Balaban J connectivity index is 1.53. The van der Waals surface area contributed by atoms with Crippen LogP contribution in [-0.4, -0.2) is 8.80 Å². The fraction of sp³-hybridized carbons (Fsp3) is 0.400. The molecular formula is C30H35F3Si. The topological polar surface area (TPSA) is 0 Å². The Labute approximate surface area is 203 Å². The highest BCUT2D eigenvalue weighted by atomic mass is 28.3. The standard InChI is InChI=1S/C30H35F3Si/c1-22(2)8-7-17-34-18-15-23(16-19-34)24-9-5-10-25(20-24)28-13-3-4-14-29(28)26-11-6-12-27(21-26)30(31,32)33/h3-6,9-14,20-23,34H,7-8,15-19H2,1-2H3/t23-,34-. The van der Waals surface area contributed by atoms with Crippen molar-refractivity contribution in [3.8, 4) is 22.3 Å². The summed E-state index contributed by atoms with van der Waals surface area (Å²) in [6.07, 6.45) is 0.998. The van der Waals surface area contributed by atoms with E-state index in [4.69, 9.17) is 0 Å². The average Bonchev–Trinajstić information content (AvgIpc) is 2.84. The van der Waals surface area contributed by atoms with Gasteiger partial charge >= 0.3 is 6.18 Å². The highest BCUT2D eigenvalue weighted by molar-refractivity contribution is 6.59. The van der Waals surface area contributed by atoms with Gasteiger partial charge in [-0.2, -0.15) is 13.2 Å². The molecule has 3 aromatic carbocycles. The maximum atomic E-state index is 13.3. The van der Waals surface area contributed by atoms with Crippen LogP contribution in [0.15, 0.2) is 72.8 Å². The molecule has 0 amide bonds. The van der Waals surface area contributed by atoms with E-state index in [0.29, 0.717) is 11.5 Å². The quantitative estimate of drug-likeness (QED) is 0.295. The third-order valence-corrected chi connectivity index (χ3v) is 10.9. The van der Waals surface area contributed by atoms with Gasteiger partial charge in [-0.05, 0) is 64.6 Å². The molecule has 0 atom stereocenters. The second kappa shape index (κ2) is 10.9. The van der Waals surface area contributed by atoms with Crippen molar-refractivity contribution in [3.63, 3.8) is 0 Å². The van der Waals surface area contributed by atoms with Crippen molar-refractivity contribution >= 4 is 8.80 Å². The van der Waals surface area contributed by atoms with E-state index in [1.165, 1.54) is 61.5 Å². The monoisotopic (exact) mass is 480 g/mol. The number of halogens is 3. The molecule has 1 saturated heterocycles. The molecule has 0 N–H and O–H groups in total. The molecule has 1 heterocycles. The minimum Gasteiger partial charge on any atom is -0.166 e. The van der Waals surface area contributed by atoms with Gasteiger partial charge in [0.1, 0.15) is 0 Å². The number of alkyl halides is 3. The van der Waals surface area contributed by atoms with Gasteiger partial charge in [-0.3, -0.25) is 0 Å². The fourth-order valence-corrected chi connectivity index (χ4v) is 8.84. The average molecular weight is 481 g/mol. The Morgan fingerprint density at radius 2 is 1.44 bits per heavy atom. The van der Waals surface area contributed by atoms with Crippen molar-refractivity contribution in [2.24, 2.45) is 5.92 Å². The predicted molar refractivity (Wildman–Crippen MR) is 140 cm³/mol. The van der Waals surface area contributed by atoms with Crippen LogP contribution in [0.3, 0.4) is 0 Å². The zero-order chi connectivity index (χ0) is 24.1. The fourth-order valence-electron chi connectivity index (χ4n) is 5.41. The van der Waals surface area contributed by atoms with E-state index in [0.717, 1.165) is 28.7 Å². The largest absolute Gasteiger partial charge is 0.416 e. The van der Waals surface area contributed by atoms with Crippen LogP contribution in [-0.2, 0) is 6.18 Å². The van der Waals surface area contributed by atoms with Gasteiger partial charge in [-0.15, -0.1) is 0 Å². The van der Waals surface area contributed by atoms with Crippen LogP contribution in [0.2, 0.25) is 18.1 Å². The van der Waals surface area contributed by atoms with Crippen molar-refractivity contribution in [2.45, 2.75) is 69.8 Å². The van der Waals surface area contributed by atoms with Crippen LogP contribution in [0.25, 0.3) is 22.3 Å². The number of benzene rings is 3. The van der Waals surface area contributed by atoms with Gasteiger partial charge in [-0.25, -0.2) is 0 Å². The zero-order valence-electron chi connectivity index (χ0n) is 20.2. The lowest BCUT2D eigenvalue weighted by atomic mass is 9.88. The van der Waals surface area contributed by atoms with Crippen molar-refractivity contribution in [3.05, 3.63) is 83.9 Å². The van der Waals surface area contributed by atoms with Gasteiger partial charge in [0.05, 0.1) is 5.56 Å². The SMILES string of the molecule is CC(C)CCC[Si@H]1CC[C@H](c2cccc(-c3ccccc3-c3cccc(C(F)(F)F)c3)c2)CC1. The van der Waals surface area contributed by atoms with E-state index in [1.54, 1.807) is 6.07 Å². The molecule has 0 unspecified atom stereocenters. The Bertz CT molecular complexity index is 1080. The van der Waals surface area contributed by atoms with Gasteiger partial charge in [0.25, 0.3) is 0 Å². The Morgan fingerprint density at radius 1 is 0.824 bits per heavy atom. The van der Waals surface area contributed by atoms with Gasteiger partial charge in [0, 0.05) is 8.80 Å². The molecule has 1 aliphatic rings. The molecule has 180 valence electrons. The lowest BCUT2D eigenvalue weighted by Gasteiger charge is -2.28. The van der Waals surface area contributed by atoms with Gasteiger partial charge in [0.15, 0.2) is 0 Å². The minimum absolute atomic E-state index is 0.579. The zero-order valence-corrected chi connectivity index (χ0v) is 21.4. The van der Waals surface area contributed by atoms with Crippen LogP contribution in [0.5, 0.6) is 0 Å². The first kappa shape index (κ1) is 24.8. The van der Waals surface area contributed by atoms with Crippen molar-refractivity contribution in [2.75, 3.05) is 0 Å².